The summed E-state index contributed by atoms with van der Waals surface area (Å²) in [5.41, 5.74) is 0. The van der Waals surface area contributed by atoms with Crippen molar-refractivity contribution in [1.82, 2.24) is 0 Å². The zero-order valence-electron chi connectivity index (χ0n) is 4.14. The summed E-state index contributed by atoms with van der Waals surface area (Å²) in [6, 6.07) is 0. The van der Waals surface area contributed by atoms with E-state index in [1.807, 2.05) is 12.2 Å². The molecule has 0 bridgehead atoms. The van der Waals surface area contributed by atoms with Crippen LogP contribution >= 0.6 is 18.4 Å². The first kappa shape index (κ1) is 6.91. The third kappa shape index (κ3) is 1.64. The van der Waals surface area contributed by atoms with Crippen molar-refractivity contribution in [1.29, 1.82) is 0 Å². The van der Waals surface area contributed by atoms with Crippen LogP contribution in [0.1, 0.15) is 6.42 Å². The maximum atomic E-state index is 5.72. The SMILES string of the molecule is [Cl][Nb]([Cl])[C]1=CC=CC1. The van der Waals surface area contributed by atoms with E-state index in [1.54, 1.807) is 0 Å². The molecule has 0 saturated heterocycles. The molecule has 0 amide bonds. The summed E-state index contributed by atoms with van der Waals surface area (Å²) in [5.74, 6) is 0. The van der Waals surface area contributed by atoms with Crippen LogP contribution in [0.25, 0.3) is 0 Å². The topological polar surface area (TPSA) is 0 Å². The van der Waals surface area contributed by atoms with Gasteiger partial charge in [-0.1, -0.05) is 0 Å². The first-order valence-corrected chi connectivity index (χ1v) is 9.04. The Morgan fingerprint density at radius 2 is 2.25 bits per heavy atom. The van der Waals surface area contributed by atoms with Gasteiger partial charge in [-0.2, -0.15) is 0 Å². The van der Waals surface area contributed by atoms with Crippen LogP contribution < -0.4 is 0 Å². The standard InChI is InChI=1S/C5H5.2ClH.Nb/c1-2-4-5-3-1;;;/h1-3H,4H2;2*1H;/q;;;+2/p-2. The normalized spacial score (nSPS) is 17.6. The van der Waals surface area contributed by atoms with E-state index in [1.165, 1.54) is 3.79 Å². The van der Waals surface area contributed by atoms with Gasteiger partial charge in [-0.25, -0.2) is 0 Å². The molecule has 3 heteroatoms. The van der Waals surface area contributed by atoms with Crippen LogP contribution in [0.15, 0.2) is 22.0 Å². The summed E-state index contributed by atoms with van der Waals surface area (Å²) in [6.45, 7) is 0. The number of hydrogen-bond acceptors (Lipinski definition) is 0. The van der Waals surface area contributed by atoms with Gasteiger partial charge in [-0.15, -0.1) is 0 Å². The summed E-state index contributed by atoms with van der Waals surface area (Å²) in [5, 5.41) is 0. The van der Waals surface area contributed by atoms with Crippen LogP contribution in [0, 0.1) is 0 Å². The third-order valence-corrected chi connectivity index (χ3v) is 5.42. The van der Waals surface area contributed by atoms with Crippen molar-refractivity contribution in [2.24, 2.45) is 0 Å². The Morgan fingerprint density at radius 1 is 1.50 bits per heavy atom. The van der Waals surface area contributed by atoms with Gasteiger partial charge in [0.1, 0.15) is 0 Å². The molecule has 0 aliphatic heterocycles. The molecule has 8 heavy (non-hydrogen) atoms. The maximum absolute atomic E-state index is 5.72. The second-order valence-corrected chi connectivity index (χ2v) is 9.10. The van der Waals surface area contributed by atoms with Crippen LogP contribution in [0.3, 0.4) is 0 Å². The molecule has 0 heterocycles. The molecule has 0 saturated carbocycles. The van der Waals surface area contributed by atoms with Gasteiger partial charge in [-0.05, 0) is 0 Å². The van der Waals surface area contributed by atoms with Gasteiger partial charge in [0.15, 0.2) is 0 Å². The quantitative estimate of drug-likeness (QED) is 0.606. The van der Waals surface area contributed by atoms with Crippen molar-refractivity contribution in [3.63, 3.8) is 0 Å². The van der Waals surface area contributed by atoms with Crippen LogP contribution in [0.2, 0.25) is 0 Å². The van der Waals surface area contributed by atoms with E-state index in [0.29, 0.717) is 0 Å². The second kappa shape index (κ2) is 3.09. The predicted molar refractivity (Wildman–Crippen MR) is 33.5 cm³/mol. The van der Waals surface area contributed by atoms with Gasteiger partial charge in [-0.3, -0.25) is 0 Å². The summed E-state index contributed by atoms with van der Waals surface area (Å²) in [7, 11) is 11.4. The first-order chi connectivity index (χ1) is 3.80. The fourth-order valence-electron chi connectivity index (χ4n) is 0.561. The van der Waals surface area contributed by atoms with Gasteiger partial charge in [0.05, 0.1) is 0 Å². The second-order valence-electron chi connectivity index (χ2n) is 1.52. The number of rotatable bonds is 1. The van der Waals surface area contributed by atoms with E-state index in [2.05, 4.69) is 6.08 Å². The van der Waals surface area contributed by atoms with Gasteiger partial charge in [0, 0.05) is 0 Å². The molecule has 0 radical (unpaired) electrons. The minimum absolute atomic E-state index is 0.996. The Labute approximate surface area is 62.9 Å². The van der Waals surface area contributed by atoms with Crippen LogP contribution in [0.4, 0.5) is 0 Å². The van der Waals surface area contributed by atoms with Crippen molar-refractivity contribution in [2.75, 3.05) is 0 Å². The molecule has 44 valence electrons. The summed E-state index contributed by atoms with van der Waals surface area (Å²) in [4.78, 5) is 0. The molecule has 0 spiro atoms. The van der Waals surface area contributed by atoms with E-state index in [0.717, 1.165) is 6.42 Å². The van der Waals surface area contributed by atoms with Crippen molar-refractivity contribution in [2.45, 2.75) is 6.42 Å². The van der Waals surface area contributed by atoms with Gasteiger partial charge in [0.2, 0.25) is 0 Å². The molecular formula is C5H5Cl2Nb. The predicted octanol–water partition coefficient (Wildman–Crippen LogP) is 2.76. The van der Waals surface area contributed by atoms with Gasteiger partial charge < -0.3 is 0 Å². The molecule has 0 N–H and O–H groups in total. The van der Waals surface area contributed by atoms with Crippen molar-refractivity contribution >= 4 is 18.4 Å². The molecule has 0 fully saturated rings. The van der Waals surface area contributed by atoms with E-state index in [4.69, 9.17) is 18.4 Å². The van der Waals surface area contributed by atoms with Crippen LogP contribution in [-0.2, 0) is 16.3 Å². The van der Waals surface area contributed by atoms with E-state index in [-0.39, 0.29) is 0 Å². The summed E-state index contributed by atoms with van der Waals surface area (Å²) < 4.78 is 1.27. The third-order valence-electron chi connectivity index (χ3n) is 0.969. The summed E-state index contributed by atoms with van der Waals surface area (Å²) >= 11 is -1.85. The zero-order valence-corrected chi connectivity index (χ0v) is 7.85. The molecule has 0 atom stereocenters. The Balaban J connectivity index is 2.51. The van der Waals surface area contributed by atoms with Crippen LogP contribution in [0.5, 0.6) is 0 Å². The van der Waals surface area contributed by atoms with E-state index in [9.17, 15) is 0 Å². The minimum atomic E-state index is -1.85. The average Bonchev–Trinajstić information content (AvgIpc) is 2.12. The molecule has 0 nitrogen and oxygen atoms in total. The molecular weight excluding hydrogens is 224 g/mol. The fraction of sp³-hybridized carbons (Fsp3) is 0.200. The molecule has 1 rings (SSSR count). The summed E-state index contributed by atoms with van der Waals surface area (Å²) in [6.07, 6.45) is 7.12. The van der Waals surface area contributed by atoms with Crippen LogP contribution in [-0.4, -0.2) is 0 Å². The number of allylic oxidation sites excluding steroid dienone is 4. The Bertz CT molecular complexity index is 137. The Kier molecular flexibility index (Phi) is 2.67. The average molecular weight is 229 g/mol. The first-order valence-electron chi connectivity index (χ1n) is 2.28. The number of hydrogen-bond donors (Lipinski definition) is 0. The fourth-order valence-corrected chi connectivity index (χ4v) is 3.13. The van der Waals surface area contributed by atoms with E-state index >= 15 is 0 Å². The molecule has 1 aliphatic carbocycles. The van der Waals surface area contributed by atoms with E-state index < -0.39 is 16.3 Å². The zero-order chi connectivity index (χ0) is 5.98. The molecule has 0 aromatic heterocycles. The Hall–Kier alpha value is 0.800. The Morgan fingerprint density at radius 3 is 2.50 bits per heavy atom. The molecule has 0 aromatic carbocycles. The van der Waals surface area contributed by atoms with Crippen molar-refractivity contribution in [3.8, 4) is 0 Å². The monoisotopic (exact) mass is 228 g/mol. The molecule has 0 aromatic rings. The molecule has 1 aliphatic rings. The van der Waals surface area contributed by atoms with Gasteiger partial charge in [0.25, 0.3) is 0 Å². The van der Waals surface area contributed by atoms with Crippen molar-refractivity contribution in [3.05, 3.63) is 22.0 Å². The molecule has 0 unspecified atom stereocenters. The number of halogens is 2. The van der Waals surface area contributed by atoms with Crippen molar-refractivity contribution < 1.29 is 16.3 Å². The van der Waals surface area contributed by atoms with Gasteiger partial charge >= 0.3 is 63.1 Å².